The van der Waals surface area contributed by atoms with E-state index in [1.165, 1.54) is 128 Å². The van der Waals surface area contributed by atoms with Crippen molar-refractivity contribution in [1.29, 1.82) is 0 Å². The lowest BCUT2D eigenvalue weighted by molar-refractivity contribution is -0.672. The molecule has 356 valence electrons. The Labute approximate surface area is 424 Å². The third-order valence-electron chi connectivity index (χ3n) is 16.2. The van der Waals surface area contributed by atoms with Gasteiger partial charge in [0.15, 0.2) is 12.7 Å². The van der Waals surface area contributed by atoms with E-state index in [-0.39, 0.29) is 27.6 Å². The van der Waals surface area contributed by atoms with Crippen LogP contribution in [0.3, 0.4) is 0 Å². The van der Waals surface area contributed by atoms with Crippen LogP contribution in [-0.4, -0.2) is 4.98 Å². The maximum atomic E-state index is 5.10. The third kappa shape index (κ3) is 7.85. The van der Waals surface area contributed by atoms with Crippen LogP contribution in [0, 0.1) is 6.92 Å². The number of rotatable bonds is 3. The fraction of sp³-hybridized carbons (Fsp3) is 0.304. The minimum absolute atomic E-state index is 0.0151. The van der Waals surface area contributed by atoms with E-state index in [0.717, 1.165) is 18.7 Å². The summed E-state index contributed by atoms with van der Waals surface area (Å²) in [5, 5.41) is 0. The highest BCUT2D eigenvalue weighted by atomic mass is 15.0. The summed E-state index contributed by atoms with van der Waals surface area (Å²) < 4.78 is 2.47. The van der Waals surface area contributed by atoms with Gasteiger partial charge in [-0.1, -0.05) is 181 Å². The molecule has 1 aliphatic heterocycles. The Balaban J connectivity index is 1.27. The molecule has 0 N–H and O–H groups in total. The molecule has 2 nitrogen and oxygen atoms in total. The van der Waals surface area contributed by atoms with Gasteiger partial charge in [0.05, 0.1) is 11.3 Å². The molecule has 0 spiro atoms. The van der Waals surface area contributed by atoms with Gasteiger partial charge in [0.2, 0.25) is 5.69 Å². The van der Waals surface area contributed by atoms with Gasteiger partial charge in [-0.25, -0.2) is 0 Å². The number of benzene rings is 6. The van der Waals surface area contributed by atoms with Crippen molar-refractivity contribution < 1.29 is 4.57 Å². The quantitative estimate of drug-likeness (QED) is 0.161. The van der Waals surface area contributed by atoms with Gasteiger partial charge in [-0.2, -0.15) is 4.57 Å². The molecule has 0 fully saturated rings. The van der Waals surface area contributed by atoms with E-state index in [1.54, 1.807) is 0 Å². The molecule has 0 amide bonds. The lowest BCUT2D eigenvalue weighted by Crippen LogP contribution is -2.31. The summed E-state index contributed by atoms with van der Waals surface area (Å²) in [5.41, 5.74) is 31.9. The van der Waals surface area contributed by atoms with E-state index in [9.17, 15) is 0 Å². The molecular weight excluding hydrogens is 857 g/mol. The second kappa shape index (κ2) is 16.5. The maximum Gasteiger partial charge on any atom is 0.213 e. The Morgan fingerprint density at radius 2 is 0.986 bits per heavy atom. The van der Waals surface area contributed by atoms with E-state index in [0.29, 0.717) is 0 Å². The molecule has 0 bridgehead atoms. The molecule has 11 rings (SSSR count). The molecule has 0 saturated carbocycles. The predicted molar refractivity (Wildman–Crippen MR) is 301 cm³/mol. The summed E-state index contributed by atoms with van der Waals surface area (Å²) in [6.45, 7) is 34.0. The summed E-state index contributed by atoms with van der Waals surface area (Å²) in [4.78, 5) is 5.10. The van der Waals surface area contributed by atoms with Crippen molar-refractivity contribution in [3.05, 3.63) is 201 Å². The summed E-state index contributed by atoms with van der Waals surface area (Å²) in [5.74, 6) is 0.125. The van der Waals surface area contributed by atoms with Crippen molar-refractivity contribution in [3.63, 3.8) is 0 Å². The van der Waals surface area contributed by atoms with Gasteiger partial charge < -0.3 is 0 Å². The molecule has 1 atom stereocenters. The zero-order chi connectivity index (χ0) is 50.1. The fourth-order valence-corrected chi connectivity index (χ4v) is 12.0. The minimum Gasteiger partial charge on any atom is -0.256 e. The Bertz CT molecular complexity index is 3450. The van der Waals surface area contributed by atoms with Crippen molar-refractivity contribution in [2.75, 3.05) is 0 Å². The zero-order valence-corrected chi connectivity index (χ0v) is 44.7. The Morgan fingerprint density at radius 3 is 1.56 bits per heavy atom. The zero-order valence-electron chi connectivity index (χ0n) is 44.7. The van der Waals surface area contributed by atoms with Crippen LogP contribution in [0.5, 0.6) is 0 Å². The third-order valence-corrected chi connectivity index (χ3v) is 16.2. The predicted octanol–water partition coefficient (Wildman–Crippen LogP) is 17.8. The molecule has 6 aromatic carbocycles. The van der Waals surface area contributed by atoms with Crippen molar-refractivity contribution in [1.82, 2.24) is 4.98 Å². The average molecular weight is 928 g/mol. The highest BCUT2D eigenvalue weighted by molar-refractivity contribution is 6.11. The smallest absolute Gasteiger partial charge is 0.213 e. The van der Waals surface area contributed by atoms with Gasteiger partial charge in [0.1, 0.15) is 0 Å². The standard InChI is InChI=1S/C69H71N2/c1-41-49-23-15-17-25-51(49)65-55(44-33-47(68(9,10)11)36-48(34-44)69(12,13)14)37-53(60-27-19-21-29-70-60)42(2)63(65)62(41)57-39-58-59-40-71-30-22-20-28-61(71)56(59)38-54(64(58)52-26-18-16-24-50(52)57)43-31-45(66(3,4)5)35-46(32-43)67(6,7)8/h15-38,41H,39-40H2,1-14H3/q+1/b62-57-/t41-/m1/s1. The van der Waals surface area contributed by atoms with Crippen LogP contribution in [0.2, 0.25) is 0 Å². The van der Waals surface area contributed by atoms with Crippen LogP contribution < -0.4 is 4.57 Å². The van der Waals surface area contributed by atoms with Gasteiger partial charge in [-0.3, -0.25) is 4.98 Å². The number of aromatic nitrogens is 2. The van der Waals surface area contributed by atoms with E-state index < -0.39 is 0 Å². The summed E-state index contributed by atoms with van der Waals surface area (Å²) in [6, 6.07) is 51.7. The molecule has 0 unspecified atom stereocenters. The molecule has 3 heterocycles. The molecular formula is C69H71N2+. The van der Waals surface area contributed by atoms with Gasteiger partial charge in [-0.15, -0.1) is 0 Å². The van der Waals surface area contributed by atoms with E-state index >= 15 is 0 Å². The van der Waals surface area contributed by atoms with Crippen LogP contribution in [0.15, 0.2) is 146 Å². The number of hydrogen-bond donors (Lipinski definition) is 0. The average Bonchev–Trinajstić information content (AvgIpc) is 3.72. The first-order valence-corrected chi connectivity index (χ1v) is 26.1. The minimum atomic E-state index is -0.0389. The van der Waals surface area contributed by atoms with Crippen molar-refractivity contribution in [2.45, 2.75) is 137 Å². The van der Waals surface area contributed by atoms with Crippen molar-refractivity contribution in [2.24, 2.45) is 0 Å². The highest BCUT2D eigenvalue weighted by Crippen LogP contribution is 2.58. The molecule has 0 saturated heterocycles. The number of nitrogens with zero attached hydrogens (tertiary/aromatic N) is 2. The first-order valence-electron chi connectivity index (χ1n) is 26.1. The van der Waals surface area contributed by atoms with Gasteiger partial charge in [0.25, 0.3) is 0 Å². The van der Waals surface area contributed by atoms with E-state index in [4.69, 9.17) is 4.98 Å². The summed E-state index contributed by atoms with van der Waals surface area (Å²) >= 11 is 0. The second-order valence-corrected chi connectivity index (χ2v) is 25.1. The summed E-state index contributed by atoms with van der Waals surface area (Å²) in [6.07, 6.45) is 5.06. The Hall–Kier alpha value is -6.64. The molecule has 2 heteroatoms. The maximum absolute atomic E-state index is 5.10. The number of fused-ring (bicyclic) bond motifs is 10. The molecule has 2 aliphatic carbocycles. The van der Waals surface area contributed by atoms with Gasteiger partial charge in [0, 0.05) is 35.4 Å². The Kier molecular flexibility index (Phi) is 10.8. The topological polar surface area (TPSA) is 16.8 Å². The first-order chi connectivity index (χ1) is 33.6. The lowest BCUT2D eigenvalue weighted by Gasteiger charge is -2.37. The van der Waals surface area contributed by atoms with E-state index in [2.05, 4.69) is 235 Å². The van der Waals surface area contributed by atoms with Crippen LogP contribution in [0.1, 0.15) is 152 Å². The van der Waals surface area contributed by atoms with Crippen LogP contribution in [0.4, 0.5) is 0 Å². The molecule has 71 heavy (non-hydrogen) atoms. The molecule has 3 aliphatic rings. The normalized spacial score (nSPS) is 16.2. The van der Waals surface area contributed by atoms with Crippen molar-refractivity contribution in [3.8, 4) is 67.0 Å². The fourth-order valence-electron chi connectivity index (χ4n) is 12.0. The molecule has 8 aromatic rings. The first kappa shape index (κ1) is 46.7. The van der Waals surface area contributed by atoms with Gasteiger partial charge >= 0.3 is 0 Å². The largest absolute Gasteiger partial charge is 0.256 e. The number of pyridine rings is 2. The molecule has 2 aromatic heterocycles. The number of allylic oxidation sites excluding steroid dienone is 2. The Morgan fingerprint density at radius 1 is 0.465 bits per heavy atom. The highest BCUT2D eigenvalue weighted by Gasteiger charge is 2.39. The SMILES string of the molecule is Cc1c(-c2ccccn2)cc(-c2cc(C(C)(C)C)cc(C(C)(C)C)c2)c2c1/C(=C1/Cc3c4c(cc(-c5cc(C(C)(C)C)cc(C(C)(C)C)c5)c3-c3ccccc31)-c1cccc[n+]1C4)[C@H](C)c1ccccc1-2. The summed E-state index contributed by atoms with van der Waals surface area (Å²) in [7, 11) is 0. The molecule has 0 radical (unpaired) electrons. The van der Waals surface area contributed by atoms with E-state index in [1.807, 2.05) is 12.3 Å². The van der Waals surface area contributed by atoms with Gasteiger partial charge in [-0.05, 0) is 171 Å². The second-order valence-electron chi connectivity index (χ2n) is 25.1. The van der Waals surface area contributed by atoms with Crippen LogP contribution >= 0.6 is 0 Å². The number of hydrogen-bond acceptors (Lipinski definition) is 1. The van der Waals surface area contributed by atoms with Crippen LogP contribution in [0.25, 0.3) is 78.2 Å². The monoisotopic (exact) mass is 928 g/mol. The van der Waals surface area contributed by atoms with Crippen molar-refractivity contribution >= 4 is 11.1 Å². The van der Waals surface area contributed by atoms with Crippen LogP contribution in [-0.2, 0) is 34.6 Å². The lowest BCUT2D eigenvalue weighted by atomic mass is 9.66.